The summed E-state index contributed by atoms with van der Waals surface area (Å²) in [6, 6.07) is 0. The summed E-state index contributed by atoms with van der Waals surface area (Å²) >= 11 is 0. The largest absolute Gasteiger partial charge is 0.472 e. The van der Waals surface area contributed by atoms with E-state index in [9.17, 15) is 43.2 Å². The van der Waals surface area contributed by atoms with Gasteiger partial charge in [-0.05, 0) is 49.4 Å². The van der Waals surface area contributed by atoms with Crippen LogP contribution < -0.4 is 0 Å². The van der Waals surface area contributed by atoms with Gasteiger partial charge in [0.2, 0.25) is 0 Å². The third-order valence-corrected chi connectivity index (χ3v) is 18.3. The molecule has 0 bridgehead atoms. The molecular weight excluding hydrogens is 1170 g/mol. The molecule has 0 aromatic rings. The normalized spacial score (nSPS) is 14.6. The highest BCUT2D eigenvalue weighted by atomic mass is 31.2. The van der Waals surface area contributed by atoms with Crippen molar-refractivity contribution in [3.8, 4) is 0 Å². The van der Waals surface area contributed by atoms with Crippen LogP contribution in [0.15, 0.2) is 0 Å². The van der Waals surface area contributed by atoms with Gasteiger partial charge < -0.3 is 33.8 Å². The Kier molecular flexibility index (Phi) is 58.5. The SMILES string of the molecule is CCC(C)CCCCCCCCCCC(=O)O[C@H](COC(=O)CCCCCCCCCCCCCCCC(C)C)COP(=O)(O)OCC(O)COP(=O)(O)OC[C@@H](COC(=O)CCCCCCCCCCC(C)C)OC(=O)CCCCCCCCCC(C)C. The molecule has 0 heterocycles. The van der Waals surface area contributed by atoms with Gasteiger partial charge in [0, 0.05) is 25.7 Å². The van der Waals surface area contributed by atoms with E-state index in [1.54, 1.807) is 0 Å². The van der Waals surface area contributed by atoms with Gasteiger partial charge in [-0.1, -0.05) is 293 Å². The first-order valence-corrected chi connectivity index (χ1v) is 39.2. The van der Waals surface area contributed by atoms with Crippen LogP contribution in [0.4, 0.5) is 0 Å². The lowest BCUT2D eigenvalue weighted by atomic mass is 9.99. The maximum absolute atomic E-state index is 13.0. The fourth-order valence-corrected chi connectivity index (χ4v) is 12.0. The maximum Gasteiger partial charge on any atom is 0.472 e. The van der Waals surface area contributed by atoms with E-state index in [0.717, 1.165) is 108 Å². The molecule has 0 saturated heterocycles. The number of ether oxygens (including phenoxy) is 4. The van der Waals surface area contributed by atoms with E-state index < -0.39 is 97.5 Å². The Balaban J connectivity index is 5.24. The zero-order valence-corrected chi connectivity index (χ0v) is 59.8. The van der Waals surface area contributed by atoms with E-state index in [1.165, 1.54) is 148 Å². The lowest BCUT2D eigenvalue weighted by molar-refractivity contribution is -0.161. The van der Waals surface area contributed by atoms with E-state index in [-0.39, 0.29) is 25.7 Å². The number of esters is 4. The second kappa shape index (κ2) is 59.8. The molecule has 0 aliphatic rings. The highest BCUT2D eigenvalue weighted by molar-refractivity contribution is 7.47. The minimum absolute atomic E-state index is 0.102. The quantitative estimate of drug-likeness (QED) is 0.0222. The van der Waals surface area contributed by atoms with Crippen molar-refractivity contribution in [2.24, 2.45) is 23.7 Å². The van der Waals surface area contributed by atoms with Crippen molar-refractivity contribution >= 4 is 39.5 Å². The Morgan fingerprint density at radius 2 is 0.539 bits per heavy atom. The lowest BCUT2D eigenvalue weighted by Crippen LogP contribution is -2.30. The first-order valence-electron chi connectivity index (χ1n) is 36.2. The van der Waals surface area contributed by atoms with Gasteiger partial charge >= 0.3 is 39.5 Å². The highest BCUT2D eigenvalue weighted by Crippen LogP contribution is 2.45. The number of rotatable bonds is 67. The number of hydrogen-bond acceptors (Lipinski definition) is 15. The minimum atomic E-state index is -4.95. The van der Waals surface area contributed by atoms with Gasteiger partial charge in [0.15, 0.2) is 12.2 Å². The molecule has 0 aliphatic heterocycles. The molecule has 0 aliphatic carbocycles. The first-order chi connectivity index (χ1) is 42.6. The summed E-state index contributed by atoms with van der Waals surface area (Å²) in [4.78, 5) is 72.5. The zero-order valence-electron chi connectivity index (χ0n) is 58.1. The van der Waals surface area contributed by atoms with Gasteiger partial charge in [-0.25, -0.2) is 9.13 Å². The van der Waals surface area contributed by atoms with E-state index in [0.29, 0.717) is 31.6 Å². The van der Waals surface area contributed by atoms with Gasteiger partial charge in [0.25, 0.3) is 0 Å². The average molecular weight is 1310 g/mol. The van der Waals surface area contributed by atoms with Crippen LogP contribution in [0.3, 0.4) is 0 Å². The van der Waals surface area contributed by atoms with Crippen LogP contribution in [-0.4, -0.2) is 96.7 Å². The topological polar surface area (TPSA) is 237 Å². The van der Waals surface area contributed by atoms with Gasteiger partial charge in [0.05, 0.1) is 26.4 Å². The van der Waals surface area contributed by atoms with Crippen molar-refractivity contribution in [1.82, 2.24) is 0 Å². The van der Waals surface area contributed by atoms with E-state index >= 15 is 0 Å². The number of aliphatic hydroxyl groups excluding tert-OH is 1. The average Bonchev–Trinajstić information content (AvgIpc) is 3.67. The van der Waals surface area contributed by atoms with Crippen LogP contribution in [-0.2, 0) is 65.4 Å². The van der Waals surface area contributed by atoms with Gasteiger partial charge in [-0.15, -0.1) is 0 Å². The van der Waals surface area contributed by atoms with Gasteiger partial charge in [0.1, 0.15) is 19.3 Å². The summed E-state index contributed by atoms with van der Waals surface area (Å²) in [5.41, 5.74) is 0. The molecule has 0 fully saturated rings. The number of carbonyl (C=O) groups is 4. The van der Waals surface area contributed by atoms with E-state index in [2.05, 4.69) is 55.4 Å². The molecule has 0 aromatic heterocycles. The smallest absolute Gasteiger partial charge is 0.462 e. The number of phosphoric acid groups is 2. The van der Waals surface area contributed by atoms with E-state index in [1.807, 2.05) is 0 Å². The molecule has 3 N–H and O–H groups in total. The fourth-order valence-electron chi connectivity index (χ4n) is 10.5. The second-order valence-electron chi connectivity index (χ2n) is 26.9. The van der Waals surface area contributed by atoms with Crippen molar-refractivity contribution in [2.45, 2.75) is 363 Å². The molecule has 0 amide bonds. The predicted octanol–water partition coefficient (Wildman–Crippen LogP) is 19.7. The van der Waals surface area contributed by atoms with Crippen LogP contribution in [0.2, 0.25) is 0 Å². The molecule has 4 unspecified atom stereocenters. The molecule has 0 saturated carbocycles. The number of unbranched alkanes of at least 4 members (excludes halogenated alkanes) is 32. The Bertz CT molecular complexity index is 1770. The molecule has 0 aromatic carbocycles. The minimum Gasteiger partial charge on any atom is -0.462 e. The molecule has 0 radical (unpaired) electrons. The molecule has 89 heavy (non-hydrogen) atoms. The Morgan fingerprint density at radius 1 is 0.315 bits per heavy atom. The lowest BCUT2D eigenvalue weighted by Gasteiger charge is -2.21. The first kappa shape index (κ1) is 87.1. The van der Waals surface area contributed by atoms with E-state index in [4.69, 9.17) is 37.0 Å². The molecule has 17 nitrogen and oxygen atoms in total. The van der Waals surface area contributed by atoms with Crippen molar-refractivity contribution in [3.05, 3.63) is 0 Å². The molecule has 528 valence electrons. The van der Waals surface area contributed by atoms with Crippen molar-refractivity contribution in [3.63, 3.8) is 0 Å². The molecule has 0 rings (SSSR count). The number of aliphatic hydroxyl groups is 1. The molecule has 19 heteroatoms. The van der Waals surface area contributed by atoms with Crippen molar-refractivity contribution < 1.29 is 80.2 Å². The second-order valence-corrected chi connectivity index (χ2v) is 29.8. The molecule has 0 spiro atoms. The summed E-state index contributed by atoms with van der Waals surface area (Å²) in [6.45, 7) is 14.1. The maximum atomic E-state index is 13.0. The molecular formula is C70H136O17P2. The third-order valence-electron chi connectivity index (χ3n) is 16.4. The Hall–Kier alpha value is -1.94. The number of hydrogen-bond donors (Lipinski definition) is 3. The third kappa shape index (κ3) is 63.2. The van der Waals surface area contributed by atoms with Crippen LogP contribution in [0.1, 0.15) is 344 Å². The van der Waals surface area contributed by atoms with Gasteiger partial charge in [-0.2, -0.15) is 0 Å². The monoisotopic (exact) mass is 1310 g/mol. The summed E-state index contributed by atoms with van der Waals surface area (Å²) in [5.74, 6) is 0.850. The van der Waals surface area contributed by atoms with Crippen molar-refractivity contribution in [1.29, 1.82) is 0 Å². The van der Waals surface area contributed by atoms with Crippen LogP contribution in [0.25, 0.3) is 0 Å². The zero-order chi connectivity index (χ0) is 66.1. The number of phosphoric ester groups is 2. The Labute approximate surface area is 543 Å². The van der Waals surface area contributed by atoms with Crippen molar-refractivity contribution in [2.75, 3.05) is 39.6 Å². The number of carbonyl (C=O) groups excluding carboxylic acids is 4. The summed E-state index contributed by atoms with van der Waals surface area (Å²) in [5, 5.41) is 10.6. The highest BCUT2D eigenvalue weighted by Gasteiger charge is 2.30. The van der Waals surface area contributed by atoms with Gasteiger partial charge in [-0.3, -0.25) is 37.3 Å². The van der Waals surface area contributed by atoms with Crippen LogP contribution in [0, 0.1) is 23.7 Å². The van der Waals surface area contributed by atoms with Crippen LogP contribution >= 0.6 is 15.6 Å². The fraction of sp³-hybridized carbons (Fsp3) is 0.943. The summed E-state index contributed by atoms with van der Waals surface area (Å²) in [7, 11) is -9.90. The van der Waals surface area contributed by atoms with Crippen LogP contribution in [0.5, 0.6) is 0 Å². The Morgan fingerprint density at radius 3 is 0.798 bits per heavy atom. The summed E-state index contributed by atoms with van der Waals surface area (Å²) < 4.78 is 68.2. The standard InChI is InChI=1S/C70H136O17P2/c1-9-63(8)49-41-33-25-18-20-28-36-44-52-69(74)86-65(56-80-67(72)50-42-34-26-16-14-12-10-11-13-15-22-30-38-46-60(2)3)58-84-88(76,77)82-54-64(71)55-83-89(78,79)85-59-66(87-70(75)53-45-37-29-21-24-32-40-48-62(6)7)57-81-68(73)51-43-35-27-19-17-23-31-39-47-61(4)5/h60-66,71H,9-59H2,1-8H3,(H,76,77)(H,78,79)/t63?,64?,65-,66-/m1/s1. The predicted molar refractivity (Wildman–Crippen MR) is 358 cm³/mol. The molecule has 6 atom stereocenters. The summed E-state index contributed by atoms with van der Waals surface area (Å²) in [6.07, 6.45) is 41.8.